The van der Waals surface area contributed by atoms with Gasteiger partial charge in [0.05, 0.1) is 12.7 Å². The molecule has 0 amide bonds. The zero-order valence-corrected chi connectivity index (χ0v) is 9.35. The Kier molecular flexibility index (Phi) is 2.48. The van der Waals surface area contributed by atoms with E-state index in [4.69, 9.17) is 9.84 Å². The molecule has 3 rings (SSSR count). The molecule has 2 N–H and O–H groups in total. The predicted molar refractivity (Wildman–Crippen MR) is 62.0 cm³/mol. The van der Waals surface area contributed by atoms with Gasteiger partial charge in [-0.05, 0) is 24.1 Å². The summed E-state index contributed by atoms with van der Waals surface area (Å²) in [4.78, 5) is 15.0. The van der Waals surface area contributed by atoms with Gasteiger partial charge in [-0.2, -0.15) is 0 Å². The molecule has 17 heavy (non-hydrogen) atoms. The average Bonchev–Trinajstić information content (AvgIpc) is 2.35. The summed E-state index contributed by atoms with van der Waals surface area (Å²) in [6.07, 6.45) is 4.72. The highest BCUT2D eigenvalue weighted by Crippen LogP contribution is 2.32. The molecule has 2 heterocycles. The van der Waals surface area contributed by atoms with Crippen LogP contribution >= 0.6 is 0 Å². The van der Waals surface area contributed by atoms with Crippen molar-refractivity contribution < 1.29 is 14.6 Å². The zero-order chi connectivity index (χ0) is 11.8. The molecule has 90 valence electrons. The number of fused-ring (bicyclic) bond motifs is 2. The smallest absolute Gasteiger partial charge is 0.354 e. The third kappa shape index (κ3) is 1.86. The first-order valence-corrected chi connectivity index (χ1v) is 5.80. The summed E-state index contributed by atoms with van der Waals surface area (Å²) in [6, 6.07) is 0. The van der Waals surface area contributed by atoms with Crippen molar-refractivity contribution in [3.63, 3.8) is 0 Å². The van der Waals surface area contributed by atoms with Crippen molar-refractivity contribution in [3.8, 4) is 0 Å². The van der Waals surface area contributed by atoms with E-state index in [2.05, 4.69) is 10.3 Å². The van der Waals surface area contributed by atoms with Crippen LogP contribution in [0.4, 0.5) is 0 Å². The minimum absolute atomic E-state index is 0.132. The molecule has 5 heteroatoms. The summed E-state index contributed by atoms with van der Waals surface area (Å²) >= 11 is 0. The van der Waals surface area contributed by atoms with Gasteiger partial charge in [-0.15, -0.1) is 0 Å². The van der Waals surface area contributed by atoms with Crippen LogP contribution in [0, 0.1) is 5.92 Å². The maximum Gasteiger partial charge on any atom is 0.354 e. The van der Waals surface area contributed by atoms with Gasteiger partial charge in [-0.25, -0.2) is 4.79 Å². The van der Waals surface area contributed by atoms with Gasteiger partial charge in [0.25, 0.3) is 0 Å². The average molecular weight is 234 g/mol. The fourth-order valence-electron chi connectivity index (χ4n) is 2.51. The Balaban J connectivity index is 1.90. The molecule has 3 aliphatic rings. The molecule has 0 aromatic carbocycles. The van der Waals surface area contributed by atoms with Crippen molar-refractivity contribution in [3.05, 3.63) is 23.4 Å². The van der Waals surface area contributed by atoms with E-state index in [-0.39, 0.29) is 11.8 Å². The van der Waals surface area contributed by atoms with Crippen LogP contribution in [-0.4, -0.2) is 42.6 Å². The van der Waals surface area contributed by atoms with Crippen LogP contribution in [0.5, 0.6) is 0 Å². The van der Waals surface area contributed by atoms with Crippen molar-refractivity contribution in [2.24, 2.45) is 10.9 Å². The first-order valence-electron chi connectivity index (χ1n) is 5.80. The number of hydrogen-bond acceptors (Lipinski definition) is 4. The minimum Gasteiger partial charge on any atom is -0.477 e. The highest BCUT2D eigenvalue weighted by molar-refractivity contribution is 6.40. The monoisotopic (exact) mass is 234 g/mol. The summed E-state index contributed by atoms with van der Waals surface area (Å²) in [5.74, 6) is -0.656. The second kappa shape index (κ2) is 4.00. The number of nitrogens with one attached hydrogen (secondary N) is 1. The molecule has 2 aliphatic heterocycles. The number of carbonyl (C=O) groups is 1. The number of nitrogens with zero attached hydrogens (tertiary/aromatic N) is 1. The van der Waals surface area contributed by atoms with Crippen molar-refractivity contribution in [1.82, 2.24) is 5.32 Å². The van der Waals surface area contributed by atoms with Crippen LogP contribution in [-0.2, 0) is 9.53 Å². The predicted octanol–water partition coefficient (Wildman–Crippen LogP) is 0.344. The number of rotatable bonds is 1. The lowest BCUT2D eigenvalue weighted by Gasteiger charge is -2.35. The molecule has 1 aliphatic carbocycles. The van der Waals surface area contributed by atoms with Gasteiger partial charge in [0.1, 0.15) is 5.71 Å². The normalized spacial score (nSPS) is 31.2. The molecule has 0 aromatic rings. The Morgan fingerprint density at radius 1 is 1.53 bits per heavy atom. The van der Waals surface area contributed by atoms with Gasteiger partial charge in [-0.1, -0.05) is 0 Å². The molecule has 0 aromatic heterocycles. The summed E-state index contributed by atoms with van der Waals surface area (Å²) in [6.45, 7) is 2.11. The third-order valence-electron chi connectivity index (χ3n) is 3.39. The topological polar surface area (TPSA) is 70.9 Å². The molecular weight excluding hydrogens is 220 g/mol. The van der Waals surface area contributed by atoms with Gasteiger partial charge in [-0.3, -0.25) is 4.99 Å². The summed E-state index contributed by atoms with van der Waals surface area (Å²) in [5, 5.41) is 12.2. The number of aliphatic imine (C=N–C) groups is 1. The van der Waals surface area contributed by atoms with E-state index in [9.17, 15) is 4.79 Å². The Hall–Kier alpha value is -1.62. The summed E-state index contributed by atoms with van der Waals surface area (Å²) in [5.41, 5.74) is 2.29. The van der Waals surface area contributed by atoms with Crippen molar-refractivity contribution >= 4 is 11.7 Å². The SMILES string of the molecule is O=C(O)C1=NCC2CC3OCCNC3=CC2=C1. The molecule has 1 saturated heterocycles. The number of carboxylic acid groups (broad SMARTS) is 1. The number of carboxylic acids is 1. The molecule has 2 unspecified atom stereocenters. The number of hydrogen-bond donors (Lipinski definition) is 2. The van der Waals surface area contributed by atoms with E-state index < -0.39 is 5.97 Å². The number of allylic oxidation sites excluding steroid dienone is 1. The maximum atomic E-state index is 10.9. The van der Waals surface area contributed by atoms with Crippen LogP contribution in [0.25, 0.3) is 0 Å². The maximum absolute atomic E-state index is 10.9. The van der Waals surface area contributed by atoms with Crippen LogP contribution in [0.1, 0.15) is 6.42 Å². The molecular formula is C12H14N2O3. The highest BCUT2D eigenvalue weighted by atomic mass is 16.5. The van der Waals surface area contributed by atoms with Crippen LogP contribution in [0.3, 0.4) is 0 Å². The Bertz CT molecular complexity index is 451. The van der Waals surface area contributed by atoms with Gasteiger partial charge >= 0.3 is 5.97 Å². The van der Waals surface area contributed by atoms with Gasteiger partial charge < -0.3 is 15.2 Å². The fraction of sp³-hybridized carbons (Fsp3) is 0.500. The van der Waals surface area contributed by atoms with Gasteiger partial charge in [0.15, 0.2) is 0 Å². The molecule has 0 radical (unpaired) electrons. The molecule has 0 bridgehead atoms. The Morgan fingerprint density at radius 2 is 2.41 bits per heavy atom. The Labute approximate surface area is 98.9 Å². The minimum atomic E-state index is -0.954. The van der Waals surface area contributed by atoms with E-state index in [0.717, 1.165) is 30.8 Å². The van der Waals surface area contributed by atoms with E-state index in [1.165, 1.54) is 0 Å². The van der Waals surface area contributed by atoms with Crippen molar-refractivity contribution in [1.29, 1.82) is 0 Å². The van der Waals surface area contributed by atoms with E-state index in [1.54, 1.807) is 6.08 Å². The van der Waals surface area contributed by atoms with Crippen molar-refractivity contribution in [2.75, 3.05) is 19.7 Å². The van der Waals surface area contributed by atoms with Crippen molar-refractivity contribution in [2.45, 2.75) is 12.5 Å². The van der Waals surface area contributed by atoms with Crippen LogP contribution < -0.4 is 5.32 Å². The fourth-order valence-corrected chi connectivity index (χ4v) is 2.51. The molecule has 0 spiro atoms. The first-order chi connectivity index (χ1) is 8.24. The third-order valence-corrected chi connectivity index (χ3v) is 3.39. The van der Waals surface area contributed by atoms with Gasteiger partial charge in [0, 0.05) is 24.7 Å². The lowest BCUT2D eigenvalue weighted by molar-refractivity contribution is -0.129. The lowest BCUT2D eigenvalue weighted by atomic mass is 9.83. The molecule has 5 nitrogen and oxygen atoms in total. The first kappa shape index (κ1) is 10.5. The number of aliphatic carboxylic acids is 1. The van der Waals surface area contributed by atoms with E-state index in [1.807, 2.05) is 6.08 Å². The van der Waals surface area contributed by atoms with Gasteiger partial charge in [0.2, 0.25) is 0 Å². The highest BCUT2D eigenvalue weighted by Gasteiger charge is 2.32. The largest absolute Gasteiger partial charge is 0.477 e. The van der Waals surface area contributed by atoms with E-state index >= 15 is 0 Å². The second-order valence-corrected chi connectivity index (χ2v) is 4.49. The Morgan fingerprint density at radius 3 is 3.24 bits per heavy atom. The molecule has 2 atom stereocenters. The van der Waals surface area contributed by atoms with Crippen LogP contribution in [0.2, 0.25) is 0 Å². The zero-order valence-electron chi connectivity index (χ0n) is 9.35. The number of ether oxygens (including phenoxy) is 1. The molecule has 1 fully saturated rings. The lowest BCUT2D eigenvalue weighted by Crippen LogP contribution is -2.41. The molecule has 0 saturated carbocycles. The van der Waals surface area contributed by atoms with Crippen LogP contribution in [0.15, 0.2) is 28.4 Å². The quantitative estimate of drug-likeness (QED) is 0.686. The number of dihydropyridines is 1. The standard InChI is InChI=1S/C12H14N2O3/c15-12(16)10-4-7-3-9-11(17-2-1-13-9)5-8(7)6-14-10/h3-4,8,11,13H,1-2,5-6H2,(H,15,16). The summed E-state index contributed by atoms with van der Waals surface area (Å²) in [7, 11) is 0. The second-order valence-electron chi connectivity index (χ2n) is 4.49. The van der Waals surface area contributed by atoms with E-state index in [0.29, 0.717) is 12.5 Å². The summed E-state index contributed by atoms with van der Waals surface area (Å²) < 4.78 is 5.68. The number of morpholine rings is 1.